The maximum Gasteiger partial charge on any atom is 0.264 e. The minimum Gasteiger partial charge on any atom is -0.457 e. The SMILES string of the molecule is Cc1ccc(S(=O)(=O)N(CC(=O)N(Cc2cccc(C)c2)[C@@H](C)C(=O)NCC(C)C)c2ccc(Oc3ccccc3)cc2)cc1. The highest BCUT2D eigenvalue weighted by molar-refractivity contribution is 7.92. The first kappa shape index (κ1) is 33.3. The van der Waals surface area contributed by atoms with Crippen LogP contribution < -0.4 is 14.4 Å². The van der Waals surface area contributed by atoms with Gasteiger partial charge in [0.25, 0.3) is 10.0 Å². The molecule has 1 N–H and O–H groups in total. The molecule has 0 aromatic heterocycles. The topological polar surface area (TPSA) is 96.0 Å². The van der Waals surface area contributed by atoms with E-state index < -0.39 is 28.5 Å². The number of amides is 2. The second-order valence-corrected chi connectivity index (χ2v) is 13.4. The molecule has 236 valence electrons. The molecule has 0 aliphatic rings. The van der Waals surface area contributed by atoms with E-state index in [1.165, 1.54) is 17.0 Å². The molecule has 0 saturated carbocycles. The van der Waals surface area contributed by atoms with Crippen molar-refractivity contribution in [3.8, 4) is 11.5 Å². The number of nitrogens with zero attached hydrogens (tertiary/aromatic N) is 2. The van der Waals surface area contributed by atoms with Crippen LogP contribution in [0.1, 0.15) is 37.5 Å². The van der Waals surface area contributed by atoms with Gasteiger partial charge in [0.15, 0.2) is 0 Å². The van der Waals surface area contributed by atoms with Gasteiger partial charge in [-0.2, -0.15) is 0 Å². The van der Waals surface area contributed by atoms with Crippen LogP contribution in [0.15, 0.2) is 108 Å². The second-order valence-electron chi connectivity index (χ2n) is 11.6. The van der Waals surface area contributed by atoms with E-state index in [0.717, 1.165) is 21.0 Å². The number of carbonyl (C=O) groups is 2. The lowest BCUT2D eigenvalue weighted by Crippen LogP contribution is -2.51. The predicted octanol–water partition coefficient (Wildman–Crippen LogP) is 6.48. The standard InChI is InChI=1S/C36H41N3O5S/c1-26(2)23-37-36(41)29(5)38(24-30-11-9-10-28(4)22-30)35(40)25-39(45(42,43)34-20-14-27(3)15-21-34)31-16-18-33(19-17-31)44-32-12-7-6-8-13-32/h6-22,26,29H,23-25H2,1-5H3,(H,37,41)/t29-/m0/s1. The fourth-order valence-electron chi connectivity index (χ4n) is 4.71. The number of anilines is 1. The third-order valence-corrected chi connectivity index (χ3v) is 9.07. The molecule has 4 aromatic rings. The molecule has 0 aliphatic carbocycles. The molecule has 0 heterocycles. The van der Waals surface area contributed by atoms with Crippen molar-refractivity contribution < 1.29 is 22.7 Å². The summed E-state index contributed by atoms with van der Waals surface area (Å²) in [6, 6.07) is 29.1. The van der Waals surface area contributed by atoms with Crippen LogP contribution in [0.5, 0.6) is 11.5 Å². The molecule has 0 saturated heterocycles. The fourth-order valence-corrected chi connectivity index (χ4v) is 6.13. The molecule has 4 aromatic carbocycles. The van der Waals surface area contributed by atoms with E-state index >= 15 is 0 Å². The minimum absolute atomic E-state index is 0.0541. The van der Waals surface area contributed by atoms with Gasteiger partial charge in [0.05, 0.1) is 10.6 Å². The Morgan fingerprint density at radius 1 is 0.778 bits per heavy atom. The number of benzene rings is 4. The maximum absolute atomic E-state index is 14.2. The highest BCUT2D eigenvalue weighted by Gasteiger charge is 2.32. The van der Waals surface area contributed by atoms with E-state index in [2.05, 4.69) is 5.32 Å². The highest BCUT2D eigenvalue weighted by Crippen LogP contribution is 2.29. The van der Waals surface area contributed by atoms with Crippen LogP contribution in [0.4, 0.5) is 5.69 Å². The van der Waals surface area contributed by atoms with Gasteiger partial charge in [-0.1, -0.05) is 79.6 Å². The summed E-state index contributed by atoms with van der Waals surface area (Å²) in [4.78, 5) is 28.8. The number of hydrogen-bond donors (Lipinski definition) is 1. The summed E-state index contributed by atoms with van der Waals surface area (Å²) in [6.45, 7) is 9.56. The van der Waals surface area contributed by atoms with Gasteiger partial charge in [-0.15, -0.1) is 0 Å². The summed E-state index contributed by atoms with van der Waals surface area (Å²) >= 11 is 0. The average Bonchev–Trinajstić information content (AvgIpc) is 3.02. The fraction of sp³-hybridized carbons (Fsp3) is 0.278. The van der Waals surface area contributed by atoms with Crippen LogP contribution >= 0.6 is 0 Å². The summed E-state index contributed by atoms with van der Waals surface area (Å²) in [5.41, 5.74) is 3.04. The zero-order valence-corrected chi connectivity index (χ0v) is 27.3. The van der Waals surface area contributed by atoms with Gasteiger partial charge < -0.3 is 15.0 Å². The van der Waals surface area contributed by atoms with Gasteiger partial charge in [-0.3, -0.25) is 13.9 Å². The lowest BCUT2D eigenvalue weighted by atomic mass is 10.1. The quantitative estimate of drug-likeness (QED) is 0.183. The van der Waals surface area contributed by atoms with Crippen LogP contribution in [0.3, 0.4) is 0 Å². The van der Waals surface area contributed by atoms with Gasteiger partial charge in [0.1, 0.15) is 24.1 Å². The zero-order chi connectivity index (χ0) is 32.6. The van der Waals surface area contributed by atoms with Crippen LogP contribution in [-0.2, 0) is 26.2 Å². The van der Waals surface area contributed by atoms with Gasteiger partial charge in [0.2, 0.25) is 11.8 Å². The van der Waals surface area contributed by atoms with Crippen LogP contribution in [0, 0.1) is 19.8 Å². The lowest BCUT2D eigenvalue weighted by Gasteiger charge is -2.32. The van der Waals surface area contributed by atoms with Crippen LogP contribution in [0.2, 0.25) is 0 Å². The highest BCUT2D eigenvalue weighted by atomic mass is 32.2. The Kier molecular flexibility index (Phi) is 11.0. The number of sulfonamides is 1. The van der Waals surface area contributed by atoms with Crippen molar-refractivity contribution in [3.63, 3.8) is 0 Å². The summed E-state index contributed by atoms with van der Waals surface area (Å²) < 4.78 is 35.2. The number of carbonyl (C=O) groups excluding carboxylic acids is 2. The first-order chi connectivity index (χ1) is 21.4. The van der Waals surface area contributed by atoms with Crippen molar-refractivity contribution >= 4 is 27.5 Å². The summed E-state index contributed by atoms with van der Waals surface area (Å²) in [7, 11) is -4.17. The van der Waals surface area contributed by atoms with Crippen LogP contribution in [-0.4, -0.2) is 44.3 Å². The van der Waals surface area contributed by atoms with E-state index in [-0.39, 0.29) is 29.0 Å². The Morgan fingerprint density at radius 2 is 1.42 bits per heavy atom. The monoisotopic (exact) mass is 627 g/mol. The third kappa shape index (κ3) is 8.95. The summed E-state index contributed by atoms with van der Waals surface area (Å²) in [6.07, 6.45) is 0. The zero-order valence-electron chi connectivity index (χ0n) is 26.4. The first-order valence-corrected chi connectivity index (χ1v) is 16.4. The van der Waals surface area contributed by atoms with Crippen molar-refractivity contribution in [1.29, 1.82) is 0 Å². The Hall–Kier alpha value is -4.63. The first-order valence-electron chi connectivity index (χ1n) is 15.0. The number of hydrogen-bond acceptors (Lipinski definition) is 5. The van der Waals surface area contributed by atoms with Gasteiger partial charge >= 0.3 is 0 Å². The molecule has 8 nitrogen and oxygen atoms in total. The number of aryl methyl sites for hydroxylation is 2. The number of nitrogens with one attached hydrogen (secondary N) is 1. The lowest BCUT2D eigenvalue weighted by molar-refractivity contribution is -0.139. The largest absolute Gasteiger partial charge is 0.457 e. The predicted molar refractivity (Wildman–Crippen MR) is 178 cm³/mol. The molecule has 0 spiro atoms. The second kappa shape index (κ2) is 14.9. The van der Waals surface area contributed by atoms with Crippen LogP contribution in [0.25, 0.3) is 0 Å². The van der Waals surface area contributed by atoms with Gasteiger partial charge in [-0.05, 0) is 80.8 Å². The summed E-state index contributed by atoms with van der Waals surface area (Å²) in [5.74, 6) is 0.566. The van der Waals surface area contributed by atoms with E-state index in [1.807, 2.05) is 82.3 Å². The number of para-hydroxylation sites is 1. The number of ether oxygens (including phenoxy) is 1. The van der Waals surface area contributed by atoms with Gasteiger partial charge in [0, 0.05) is 13.1 Å². The van der Waals surface area contributed by atoms with Crippen molar-refractivity contribution in [1.82, 2.24) is 10.2 Å². The molecule has 0 unspecified atom stereocenters. The molecule has 0 aliphatic heterocycles. The molecule has 9 heteroatoms. The average molecular weight is 628 g/mol. The maximum atomic E-state index is 14.2. The molecule has 4 rings (SSSR count). The Labute approximate surface area is 266 Å². The van der Waals surface area contributed by atoms with Crippen molar-refractivity contribution in [2.24, 2.45) is 5.92 Å². The third-order valence-electron chi connectivity index (χ3n) is 7.28. The molecule has 0 fully saturated rings. The van der Waals surface area contributed by atoms with Crippen molar-refractivity contribution in [2.75, 3.05) is 17.4 Å². The van der Waals surface area contributed by atoms with Crippen molar-refractivity contribution in [2.45, 2.75) is 52.1 Å². The Balaban J connectivity index is 1.69. The molecule has 0 bridgehead atoms. The van der Waals surface area contributed by atoms with Gasteiger partial charge in [-0.25, -0.2) is 8.42 Å². The van der Waals surface area contributed by atoms with E-state index in [1.54, 1.807) is 43.3 Å². The summed E-state index contributed by atoms with van der Waals surface area (Å²) in [5, 5.41) is 2.91. The number of rotatable bonds is 13. The molecule has 45 heavy (non-hydrogen) atoms. The van der Waals surface area contributed by atoms with E-state index in [9.17, 15) is 18.0 Å². The Bertz CT molecular complexity index is 1690. The molecular weight excluding hydrogens is 586 g/mol. The van der Waals surface area contributed by atoms with E-state index in [4.69, 9.17) is 4.74 Å². The smallest absolute Gasteiger partial charge is 0.264 e. The molecule has 1 atom stereocenters. The van der Waals surface area contributed by atoms with E-state index in [0.29, 0.717) is 18.0 Å². The molecular formula is C36H41N3O5S. The molecule has 0 radical (unpaired) electrons. The minimum atomic E-state index is -4.17. The van der Waals surface area contributed by atoms with Crippen molar-refractivity contribution in [3.05, 3.63) is 120 Å². The Morgan fingerprint density at radius 3 is 2.04 bits per heavy atom. The normalized spacial score (nSPS) is 12.0. The molecule has 2 amide bonds.